The number of nitrogens with zero attached hydrogens (tertiary/aromatic N) is 5. The summed E-state index contributed by atoms with van der Waals surface area (Å²) in [6.07, 6.45) is 5.25. The Morgan fingerprint density at radius 2 is 2.23 bits per heavy atom. The fourth-order valence-corrected chi connectivity index (χ4v) is 5.26. The van der Waals surface area contributed by atoms with Crippen molar-refractivity contribution >= 4 is 34.4 Å². The van der Waals surface area contributed by atoms with Gasteiger partial charge in [0, 0.05) is 36.3 Å². The minimum atomic E-state index is -0.906. The molecule has 3 atom stereocenters. The van der Waals surface area contributed by atoms with Crippen molar-refractivity contribution in [1.29, 1.82) is 0 Å². The molecule has 0 bridgehead atoms. The Labute approximate surface area is 185 Å². The molecular weight excluding hydrogens is 416 g/mol. The van der Waals surface area contributed by atoms with Crippen LogP contribution < -0.4 is 10.2 Å². The zero-order chi connectivity index (χ0) is 21.7. The Bertz CT molecular complexity index is 1130. The first-order valence-corrected chi connectivity index (χ1v) is 11.3. The van der Waals surface area contributed by atoms with E-state index in [9.17, 15) is 9.90 Å². The van der Waals surface area contributed by atoms with Crippen molar-refractivity contribution in [1.82, 2.24) is 24.6 Å². The minimum absolute atomic E-state index is 0.0356. The van der Waals surface area contributed by atoms with Crippen LogP contribution in [0.5, 0.6) is 0 Å². The molecule has 1 fully saturated rings. The van der Waals surface area contributed by atoms with E-state index in [0.29, 0.717) is 17.6 Å². The summed E-state index contributed by atoms with van der Waals surface area (Å²) in [7, 11) is 0. The van der Waals surface area contributed by atoms with Crippen molar-refractivity contribution in [3.63, 3.8) is 0 Å². The van der Waals surface area contributed by atoms with Gasteiger partial charge in [-0.1, -0.05) is 18.5 Å². The maximum absolute atomic E-state index is 11.9. The van der Waals surface area contributed by atoms with Gasteiger partial charge in [0.05, 0.1) is 34.5 Å². The molecule has 5 rings (SSSR count). The molecule has 0 radical (unpaired) electrons. The molecule has 1 aromatic carbocycles. The van der Waals surface area contributed by atoms with Gasteiger partial charge in [0.15, 0.2) is 0 Å². The van der Waals surface area contributed by atoms with Crippen LogP contribution in [0, 0.1) is 0 Å². The fraction of sp³-hybridized carbons (Fsp3) is 0.500. The van der Waals surface area contributed by atoms with Crippen LogP contribution in [-0.2, 0) is 13.0 Å². The Balaban J connectivity index is 1.64. The molecule has 4 heterocycles. The number of aryl methyl sites for hydroxylation is 1. The Kier molecular flexibility index (Phi) is 5.14. The lowest BCUT2D eigenvalue weighted by Crippen LogP contribution is -2.41. The number of benzene rings is 1. The zero-order valence-electron chi connectivity index (χ0n) is 17.8. The Hall–Kier alpha value is -2.58. The molecule has 31 heavy (non-hydrogen) atoms. The quantitative estimate of drug-likeness (QED) is 0.636. The number of carbonyl (C=O) groups is 1. The molecule has 3 unspecified atom stereocenters. The molecule has 164 valence electrons. The summed E-state index contributed by atoms with van der Waals surface area (Å²) in [6.45, 7) is 6.70. The van der Waals surface area contributed by atoms with Gasteiger partial charge in [-0.15, -0.1) is 0 Å². The van der Waals surface area contributed by atoms with Gasteiger partial charge in [-0.05, 0) is 44.9 Å². The number of amides is 1. The molecule has 1 saturated heterocycles. The Morgan fingerprint density at radius 1 is 1.39 bits per heavy atom. The normalized spacial score (nSPS) is 22.1. The molecule has 1 amide bonds. The molecule has 2 aliphatic heterocycles. The minimum Gasteiger partial charge on any atom is -0.465 e. The van der Waals surface area contributed by atoms with Crippen LogP contribution >= 0.6 is 11.6 Å². The van der Waals surface area contributed by atoms with Crippen molar-refractivity contribution in [2.45, 2.75) is 57.7 Å². The first-order chi connectivity index (χ1) is 14.9. The topological polar surface area (TPSA) is 88.2 Å². The first-order valence-electron chi connectivity index (χ1n) is 10.9. The standard InChI is InChI=1S/C22H27ClN6O2/c1-13(11-27-12-15(23)9-25-27)21-26-20-17-4-3-14(2)28(22(30)31)18(17)5-6-19(20)29(21)16-7-8-24-10-16/h5-6,9,12-14,16,24H,3-4,7-8,10-11H2,1-2H3,(H,30,31). The molecule has 9 heteroatoms. The molecule has 2 aliphatic rings. The van der Waals surface area contributed by atoms with E-state index in [1.807, 2.05) is 23.9 Å². The SMILES string of the molecule is CC(Cn1cc(Cl)cn1)c1nc2c3c(ccc2n1C1CCNC1)N(C(=O)O)C(C)CC3. The molecule has 0 spiro atoms. The summed E-state index contributed by atoms with van der Waals surface area (Å²) in [6, 6.07) is 4.31. The van der Waals surface area contributed by atoms with Gasteiger partial charge in [-0.2, -0.15) is 5.10 Å². The predicted octanol–water partition coefficient (Wildman–Crippen LogP) is 4.04. The number of hydrogen-bond acceptors (Lipinski definition) is 4. The third-order valence-electron chi connectivity index (χ3n) is 6.59. The second-order valence-corrected chi connectivity index (χ2v) is 9.18. The summed E-state index contributed by atoms with van der Waals surface area (Å²) >= 11 is 6.05. The molecule has 3 aromatic rings. The van der Waals surface area contributed by atoms with Gasteiger partial charge < -0.3 is 15.0 Å². The van der Waals surface area contributed by atoms with E-state index < -0.39 is 6.09 Å². The highest BCUT2D eigenvalue weighted by atomic mass is 35.5. The Morgan fingerprint density at radius 3 is 2.90 bits per heavy atom. The van der Waals surface area contributed by atoms with Crippen LogP contribution in [0.3, 0.4) is 0 Å². The highest BCUT2D eigenvalue weighted by Gasteiger charge is 2.32. The van der Waals surface area contributed by atoms with Gasteiger partial charge in [0.1, 0.15) is 5.82 Å². The lowest BCUT2D eigenvalue weighted by atomic mass is 9.95. The number of rotatable bonds is 4. The van der Waals surface area contributed by atoms with E-state index in [0.717, 1.165) is 60.5 Å². The van der Waals surface area contributed by atoms with E-state index in [-0.39, 0.29) is 12.0 Å². The number of carboxylic acid groups (broad SMARTS) is 1. The molecule has 0 aliphatic carbocycles. The van der Waals surface area contributed by atoms with Crippen LogP contribution in [0.15, 0.2) is 24.5 Å². The predicted molar refractivity (Wildman–Crippen MR) is 120 cm³/mol. The smallest absolute Gasteiger partial charge is 0.412 e. The van der Waals surface area contributed by atoms with Crippen molar-refractivity contribution in [2.24, 2.45) is 0 Å². The highest BCUT2D eigenvalue weighted by Crippen LogP contribution is 2.38. The molecule has 2 aromatic heterocycles. The van der Waals surface area contributed by atoms with Crippen LogP contribution in [0.2, 0.25) is 5.02 Å². The summed E-state index contributed by atoms with van der Waals surface area (Å²) in [5, 5.41) is 18.2. The van der Waals surface area contributed by atoms with Crippen molar-refractivity contribution in [3.8, 4) is 0 Å². The van der Waals surface area contributed by atoms with Gasteiger partial charge in [-0.3, -0.25) is 9.58 Å². The van der Waals surface area contributed by atoms with E-state index in [2.05, 4.69) is 28.0 Å². The average molecular weight is 443 g/mol. The second kappa shape index (κ2) is 7.84. The van der Waals surface area contributed by atoms with Gasteiger partial charge in [0.2, 0.25) is 0 Å². The summed E-state index contributed by atoms with van der Waals surface area (Å²) in [5.41, 5.74) is 3.83. The van der Waals surface area contributed by atoms with Crippen LogP contribution in [0.1, 0.15) is 50.0 Å². The second-order valence-electron chi connectivity index (χ2n) is 8.74. The monoisotopic (exact) mass is 442 g/mol. The lowest BCUT2D eigenvalue weighted by molar-refractivity contribution is 0.198. The van der Waals surface area contributed by atoms with E-state index in [1.54, 1.807) is 6.20 Å². The fourth-order valence-electron chi connectivity index (χ4n) is 5.10. The first kappa shape index (κ1) is 20.3. The van der Waals surface area contributed by atoms with Gasteiger partial charge in [0.25, 0.3) is 0 Å². The van der Waals surface area contributed by atoms with Crippen LogP contribution in [0.25, 0.3) is 11.0 Å². The van der Waals surface area contributed by atoms with E-state index in [4.69, 9.17) is 16.6 Å². The van der Waals surface area contributed by atoms with Crippen molar-refractivity contribution < 1.29 is 9.90 Å². The zero-order valence-corrected chi connectivity index (χ0v) is 18.5. The van der Waals surface area contributed by atoms with Gasteiger partial charge >= 0.3 is 6.09 Å². The third kappa shape index (κ3) is 3.47. The summed E-state index contributed by atoms with van der Waals surface area (Å²) in [4.78, 5) is 18.6. The van der Waals surface area contributed by atoms with Crippen molar-refractivity contribution in [2.75, 3.05) is 18.0 Å². The van der Waals surface area contributed by atoms with Crippen molar-refractivity contribution in [3.05, 3.63) is 40.9 Å². The average Bonchev–Trinajstić information content (AvgIpc) is 3.46. The largest absolute Gasteiger partial charge is 0.465 e. The van der Waals surface area contributed by atoms with Crippen LogP contribution in [-0.4, -0.2) is 49.7 Å². The molecule has 0 saturated carbocycles. The van der Waals surface area contributed by atoms with E-state index >= 15 is 0 Å². The number of anilines is 1. The molecule has 8 nitrogen and oxygen atoms in total. The van der Waals surface area contributed by atoms with Gasteiger partial charge in [-0.25, -0.2) is 9.78 Å². The molecular formula is C22H27ClN6O2. The van der Waals surface area contributed by atoms with Crippen LogP contribution in [0.4, 0.5) is 10.5 Å². The number of hydrogen-bond donors (Lipinski definition) is 2. The maximum atomic E-state index is 11.9. The lowest BCUT2D eigenvalue weighted by Gasteiger charge is -2.33. The highest BCUT2D eigenvalue weighted by molar-refractivity contribution is 6.30. The third-order valence-corrected chi connectivity index (χ3v) is 6.79. The number of fused-ring (bicyclic) bond motifs is 3. The summed E-state index contributed by atoms with van der Waals surface area (Å²) < 4.78 is 4.22. The maximum Gasteiger partial charge on any atom is 0.412 e. The van der Waals surface area contributed by atoms with E-state index in [1.165, 1.54) is 4.90 Å². The summed E-state index contributed by atoms with van der Waals surface area (Å²) in [5.74, 6) is 1.14. The number of imidazole rings is 1. The number of halogens is 1. The molecule has 2 N–H and O–H groups in total. The number of nitrogens with one attached hydrogen (secondary N) is 1. The number of aromatic nitrogens is 4.